The molecule has 0 radical (unpaired) electrons. The summed E-state index contributed by atoms with van der Waals surface area (Å²) in [6.45, 7) is 9.72. The van der Waals surface area contributed by atoms with Gasteiger partial charge in [-0.15, -0.1) is 8.78 Å². The van der Waals surface area contributed by atoms with Crippen LogP contribution >= 0.6 is 11.6 Å². The Hall–Kier alpha value is -2.87. The standard InChI is InChI=1S/C24H27ClF2N4O2/c1-14(2)31-13-23(3,4)19-12-15(11-18(21(19)31)20-9-10-28-30-20)22(32)29-16-5-7-17(8-6-16)33-24(25,26)27/h5-11,14,19H,12-13H2,1-4H3,(H,28,30)(H,29,32). The Labute approximate surface area is 196 Å². The van der Waals surface area contributed by atoms with Crippen LogP contribution < -0.4 is 10.1 Å². The number of allylic oxidation sites excluding steroid dienone is 3. The third-order valence-corrected chi connectivity index (χ3v) is 6.31. The van der Waals surface area contributed by atoms with Crippen molar-refractivity contribution in [2.24, 2.45) is 11.3 Å². The van der Waals surface area contributed by atoms with E-state index in [9.17, 15) is 13.6 Å². The van der Waals surface area contributed by atoms with Gasteiger partial charge < -0.3 is 15.0 Å². The van der Waals surface area contributed by atoms with Crippen LogP contribution in [0.25, 0.3) is 5.57 Å². The first-order valence-electron chi connectivity index (χ1n) is 10.8. The van der Waals surface area contributed by atoms with Crippen LogP contribution in [0.5, 0.6) is 5.75 Å². The van der Waals surface area contributed by atoms with Gasteiger partial charge in [0.1, 0.15) is 5.75 Å². The number of nitrogens with one attached hydrogen (secondary N) is 2. The lowest BCUT2D eigenvalue weighted by molar-refractivity contribution is -0.113. The van der Waals surface area contributed by atoms with Gasteiger partial charge in [-0.2, -0.15) is 5.10 Å². The minimum Gasteiger partial charge on any atom is -0.420 e. The number of rotatable bonds is 6. The summed E-state index contributed by atoms with van der Waals surface area (Å²) in [5.74, 6) is -0.160. The maximum Gasteiger partial charge on any atom is 0.487 e. The number of likely N-dealkylation sites (tertiary alicyclic amines) is 1. The number of carbonyl (C=O) groups excluding carboxylic acids is 1. The van der Waals surface area contributed by atoms with Gasteiger partial charge in [0, 0.05) is 58.8 Å². The summed E-state index contributed by atoms with van der Waals surface area (Å²) in [5, 5.41) is 10.0. The third-order valence-electron chi connectivity index (χ3n) is 6.23. The van der Waals surface area contributed by atoms with Crippen LogP contribution in [0.2, 0.25) is 0 Å². The van der Waals surface area contributed by atoms with Gasteiger partial charge in [0.2, 0.25) is 0 Å². The van der Waals surface area contributed by atoms with E-state index in [4.69, 9.17) is 11.6 Å². The van der Waals surface area contributed by atoms with E-state index in [2.05, 4.69) is 52.8 Å². The lowest BCUT2D eigenvalue weighted by Crippen LogP contribution is -2.29. The van der Waals surface area contributed by atoms with E-state index in [1.54, 1.807) is 6.20 Å². The van der Waals surface area contributed by atoms with Gasteiger partial charge in [0.15, 0.2) is 0 Å². The second kappa shape index (κ2) is 8.48. The van der Waals surface area contributed by atoms with Crippen LogP contribution in [-0.2, 0) is 4.79 Å². The first-order valence-corrected chi connectivity index (χ1v) is 11.2. The van der Waals surface area contributed by atoms with Gasteiger partial charge in [0.05, 0.1) is 5.69 Å². The highest BCUT2D eigenvalue weighted by Gasteiger charge is 2.47. The van der Waals surface area contributed by atoms with Crippen molar-refractivity contribution < 1.29 is 18.3 Å². The number of benzene rings is 1. The molecule has 2 heterocycles. The molecule has 4 rings (SSSR count). The largest absolute Gasteiger partial charge is 0.487 e. The van der Waals surface area contributed by atoms with E-state index in [0.717, 1.165) is 17.8 Å². The fourth-order valence-electron chi connectivity index (χ4n) is 4.64. The predicted octanol–water partition coefficient (Wildman–Crippen LogP) is 5.62. The van der Waals surface area contributed by atoms with E-state index in [-0.39, 0.29) is 23.0 Å². The van der Waals surface area contributed by atoms with Gasteiger partial charge in [-0.25, -0.2) is 0 Å². The number of alkyl halides is 3. The van der Waals surface area contributed by atoms with Crippen molar-refractivity contribution in [2.75, 3.05) is 11.9 Å². The molecule has 6 nitrogen and oxygen atoms in total. The third kappa shape index (κ3) is 4.90. The van der Waals surface area contributed by atoms with Gasteiger partial charge in [-0.05, 0) is 62.1 Å². The van der Waals surface area contributed by atoms with E-state index >= 15 is 0 Å². The molecule has 0 saturated carbocycles. The number of aromatic amines is 1. The number of carbonyl (C=O) groups is 1. The summed E-state index contributed by atoms with van der Waals surface area (Å²) in [6, 6.07) is 7.89. The number of ether oxygens (including phenoxy) is 1. The second-order valence-corrected chi connectivity index (χ2v) is 9.87. The average Bonchev–Trinajstić information content (AvgIpc) is 3.34. The molecular formula is C24H27ClF2N4O2. The van der Waals surface area contributed by atoms with Crippen molar-refractivity contribution in [2.45, 2.75) is 45.7 Å². The van der Waals surface area contributed by atoms with Crippen LogP contribution in [0.4, 0.5) is 14.5 Å². The maximum absolute atomic E-state index is 13.2. The number of anilines is 1. The zero-order valence-corrected chi connectivity index (χ0v) is 19.7. The summed E-state index contributed by atoms with van der Waals surface area (Å²) in [5.41, 5.74) is 0.393. The minimum absolute atomic E-state index is 0.0174. The predicted molar refractivity (Wildman–Crippen MR) is 124 cm³/mol. The fourth-order valence-corrected chi connectivity index (χ4v) is 4.73. The monoisotopic (exact) mass is 476 g/mol. The lowest BCUT2D eigenvalue weighted by Gasteiger charge is -2.32. The van der Waals surface area contributed by atoms with Crippen LogP contribution in [0.3, 0.4) is 0 Å². The molecular weight excluding hydrogens is 450 g/mol. The Morgan fingerprint density at radius 3 is 2.58 bits per heavy atom. The van der Waals surface area contributed by atoms with Crippen molar-refractivity contribution >= 4 is 28.8 Å². The molecule has 1 amide bonds. The molecule has 0 bridgehead atoms. The quantitative estimate of drug-likeness (QED) is 0.530. The van der Waals surface area contributed by atoms with Crippen LogP contribution in [0.15, 0.2) is 53.9 Å². The Bertz CT molecular complexity index is 1090. The summed E-state index contributed by atoms with van der Waals surface area (Å²) in [4.78, 5) is 15.6. The average molecular weight is 477 g/mol. The number of aromatic nitrogens is 2. The normalized spacial score (nSPS) is 20.1. The van der Waals surface area contributed by atoms with E-state index in [1.807, 2.05) is 12.1 Å². The molecule has 1 saturated heterocycles. The molecule has 1 aliphatic heterocycles. The molecule has 1 aromatic heterocycles. The topological polar surface area (TPSA) is 70.2 Å². The second-order valence-electron chi connectivity index (χ2n) is 9.43. The lowest BCUT2D eigenvalue weighted by atomic mass is 9.73. The van der Waals surface area contributed by atoms with Crippen LogP contribution in [0, 0.1) is 11.3 Å². The highest BCUT2D eigenvalue weighted by Crippen LogP contribution is 2.51. The molecule has 1 fully saturated rings. The smallest absolute Gasteiger partial charge is 0.420 e. The maximum atomic E-state index is 13.2. The molecule has 2 N–H and O–H groups in total. The van der Waals surface area contributed by atoms with Crippen molar-refractivity contribution in [1.82, 2.24) is 15.1 Å². The van der Waals surface area contributed by atoms with E-state index in [1.165, 1.54) is 30.0 Å². The van der Waals surface area contributed by atoms with Crippen molar-refractivity contribution in [3.8, 4) is 5.75 Å². The van der Waals surface area contributed by atoms with Gasteiger partial charge >= 0.3 is 5.57 Å². The van der Waals surface area contributed by atoms with Crippen molar-refractivity contribution in [1.29, 1.82) is 0 Å². The zero-order valence-electron chi connectivity index (χ0n) is 19.0. The molecule has 2 aliphatic rings. The summed E-state index contributed by atoms with van der Waals surface area (Å²) >= 11 is 4.80. The molecule has 2 aromatic rings. The Balaban J connectivity index is 1.63. The van der Waals surface area contributed by atoms with Crippen molar-refractivity contribution in [3.05, 3.63) is 59.6 Å². The molecule has 9 heteroatoms. The first-order chi connectivity index (χ1) is 15.4. The Kier molecular flexibility index (Phi) is 5.99. The van der Waals surface area contributed by atoms with E-state index < -0.39 is 5.57 Å². The molecule has 1 atom stereocenters. The molecule has 1 unspecified atom stereocenters. The molecule has 176 valence electrons. The van der Waals surface area contributed by atoms with Crippen LogP contribution in [0.1, 0.15) is 39.8 Å². The summed E-state index contributed by atoms with van der Waals surface area (Å²) in [7, 11) is 0. The zero-order chi connectivity index (χ0) is 24.0. The van der Waals surface area contributed by atoms with Gasteiger partial charge in [0.25, 0.3) is 5.91 Å². The highest BCUT2D eigenvalue weighted by molar-refractivity contribution is 6.20. The Morgan fingerprint density at radius 2 is 2.00 bits per heavy atom. The summed E-state index contributed by atoms with van der Waals surface area (Å²) < 4.78 is 29.9. The van der Waals surface area contributed by atoms with E-state index in [0.29, 0.717) is 23.7 Å². The number of amides is 1. The number of H-pyrrole nitrogens is 1. The minimum atomic E-state index is -3.79. The van der Waals surface area contributed by atoms with Crippen LogP contribution in [-0.4, -0.2) is 39.2 Å². The number of fused-ring (bicyclic) bond motifs is 1. The number of hydrogen-bond acceptors (Lipinski definition) is 4. The molecule has 1 aromatic carbocycles. The number of nitrogens with zero attached hydrogens (tertiary/aromatic N) is 2. The Morgan fingerprint density at radius 1 is 1.30 bits per heavy atom. The molecule has 33 heavy (non-hydrogen) atoms. The highest BCUT2D eigenvalue weighted by atomic mass is 35.5. The molecule has 1 aliphatic carbocycles. The van der Waals surface area contributed by atoms with Gasteiger partial charge in [-0.1, -0.05) is 13.8 Å². The number of hydrogen-bond donors (Lipinski definition) is 2. The van der Waals surface area contributed by atoms with Crippen molar-refractivity contribution in [3.63, 3.8) is 0 Å². The fraction of sp³-hybridized carbons (Fsp3) is 0.417. The SMILES string of the molecule is CC(C)N1CC(C)(C)C2CC(C(=O)Nc3ccc(OC(F)(F)Cl)cc3)=CC(c3ccn[nH]3)=C21. The first kappa shape index (κ1) is 23.3. The summed E-state index contributed by atoms with van der Waals surface area (Å²) in [6.07, 6.45) is 4.24. The molecule has 0 spiro atoms. The van der Waals surface area contributed by atoms with Gasteiger partial charge in [-0.3, -0.25) is 9.89 Å². The number of halogens is 3.